The van der Waals surface area contributed by atoms with Crippen LogP contribution >= 0.6 is 0 Å². The molecule has 2 nitrogen and oxygen atoms in total. The Morgan fingerprint density at radius 2 is 1.85 bits per heavy atom. The van der Waals surface area contributed by atoms with Crippen LogP contribution in [0.1, 0.15) is 28.4 Å². The summed E-state index contributed by atoms with van der Waals surface area (Å²) < 4.78 is 31.5. The van der Waals surface area contributed by atoms with Crippen LogP contribution in [0.2, 0.25) is 0 Å². The summed E-state index contributed by atoms with van der Waals surface area (Å²) in [5.74, 6) is -1.97. The van der Waals surface area contributed by atoms with Gasteiger partial charge in [-0.15, -0.1) is 0 Å². The minimum atomic E-state index is -1.04. The molecular weight excluding hydrogens is 262 g/mol. The van der Waals surface area contributed by atoms with Crippen LogP contribution in [-0.4, -0.2) is 12.4 Å². The van der Waals surface area contributed by atoms with Crippen LogP contribution in [0.15, 0.2) is 36.4 Å². The molecule has 0 aliphatic carbocycles. The summed E-state index contributed by atoms with van der Waals surface area (Å²) in [5, 5.41) is 0. The molecule has 0 radical (unpaired) electrons. The fourth-order valence-corrected chi connectivity index (χ4v) is 1.90. The Morgan fingerprint density at radius 1 is 1.10 bits per heavy atom. The number of rotatable bonds is 4. The highest BCUT2D eigenvalue weighted by molar-refractivity contribution is 6.10. The Balaban J connectivity index is 2.46. The lowest BCUT2D eigenvalue weighted by Crippen LogP contribution is -2.06. The molecule has 104 valence electrons. The summed E-state index contributed by atoms with van der Waals surface area (Å²) in [7, 11) is 0. The van der Waals surface area contributed by atoms with Gasteiger partial charge in [0.1, 0.15) is 5.75 Å². The van der Waals surface area contributed by atoms with Crippen LogP contribution in [0.25, 0.3) is 0 Å². The molecule has 0 saturated carbocycles. The maximum atomic E-state index is 13.2. The topological polar surface area (TPSA) is 26.3 Å². The van der Waals surface area contributed by atoms with Gasteiger partial charge in [-0.05, 0) is 44.2 Å². The average molecular weight is 276 g/mol. The zero-order chi connectivity index (χ0) is 14.7. The van der Waals surface area contributed by atoms with Crippen molar-refractivity contribution in [3.8, 4) is 5.75 Å². The van der Waals surface area contributed by atoms with Gasteiger partial charge in [0.15, 0.2) is 17.4 Å². The maximum Gasteiger partial charge on any atom is 0.196 e. The normalized spacial score (nSPS) is 10.4. The van der Waals surface area contributed by atoms with Crippen molar-refractivity contribution >= 4 is 5.78 Å². The van der Waals surface area contributed by atoms with E-state index in [1.165, 1.54) is 6.07 Å². The van der Waals surface area contributed by atoms with E-state index >= 15 is 0 Å². The van der Waals surface area contributed by atoms with E-state index in [1.807, 2.05) is 19.9 Å². The number of benzene rings is 2. The molecule has 0 atom stereocenters. The van der Waals surface area contributed by atoms with E-state index in [9.17, 15) is 13.6 Å². The maximum absolute atomic E-state index is 13.2. The molecule has 0 bridgehead atoms. The van der Waals surface area contributed by atoms with Crippen molar-refractivity contribution in [1.29, 1.82) is 0 Å². The van der Waals surface area contributed by atoms with Crippen molar-refractivity contribution in [3.63, 3.8) is 0 Å². The summed E-state index contributed by atoms with van der Waals surface area (Å²) in [5.41, 5.74) is 1.33. The molecule has 0 saturated heterocycles. The molecule has 0 unspecified atom stereocenters. The van der Waals surface area contributed by atoms with E-state index in [4.69, 9.17) is 4.74 Å². The molecule has 0 N–H and O–H groups in total. The highest BCUT2D eigenvalue weighted by Gasteiger charge is 2.16. The minimum absolute atomic E-state index is 0.0930. The van der Waals surface area contributed by atoms with Crippen LogP contribution in [0.3, 0.4) is 0 Å². The largest absolute Gasteiger partial charge is 0.493 e. The fraction of sp³-hybridized carbons (Fsp3) is 0.188. The zero-order valence-corrected chi connectivity index (χ0v) is 11.2. The third kappa shape index (κ3) is 2.85. The highest BCUT2D eigenvalue weighted by Crippen LogP contribution is 2.24. The minimum Gasteiger partial charge on any atom is -0.493 e. The Labute approximate surface area is 116 Å². The standard InChI is InChI=1S/C16H14F2O2/c1-3-20-15-7-4-10(2)8-12(15)16(19)11-5-6-13(17)14(18)9-11/h4-9H,3H2,1-2H3. The first-order valence-electron chi connectivity index (χ1n) is 6.26. The van der Waals surface area contributed by atoms with Crippen LogP contribution in [0.5, 0.6) is 5.75 Å². The number of ketones is 1. The number of carbonyl (C=O) groups is 1. The molecule has 20 heavy (non-hydrogen) atoms. The quantitative estimate of drug-likeness (QED) is 0.792. The summed E-state index contributed by atoms with van der Waals surface area (Å²) >= 11 is 0. The molecule has 4 heteroatoms. The molecule has 0 heterocycles. The van der Waals surface area contributed by atoms with Crippen molar-refractivity contribution < 1.29 is 18.3 Å². The van der Waals surface area contributed by atoms with Gasteiger partial charge >= 0.3 is 0 Å². The second-order valence-corrected chi connectivity index (χ2v) is 4.39. The number of hydrogen-bond acceptors (Lipinski definition) is 2. The van der Waals surface area contributed by atoms with Gasteiger partial charge in [-0.2, -0.15) is 0 Å². The van der Waals surface area contributed by atoms with E-state index in [0.717, 1.165) is 17.7 Å². The van der Waals surface area contributed by atoms with Gasteiger partial charge in [0, 0.05) is 5.56 Å². The lowest BCUT2D eigenvalue weighted by Gasteiger charge is -2.10. The Hall–Kier alpha value is -2.23. The molecule has 2 rings (SSSR count). The molecule has 2 aromatic rings. The molecule has 0 spiro atoms. The van der Waals surface area contributed by atoms with Gasteiger partial charge in [0.2, 0.25) is 0 Å². The van der Waals surface area contributed by atoms with Crippen LogP contribution in [0, 0.1) is 18.6 Å². The van der Waals surface area contributed by atoms with Gasteiger partial charge in [-0.1, -0.05) is 11.6 Å². The van der Waals surface area contributed by atoms with Crippen molar-refractivity contribution in [2.75, 3.05) is 6.61 Å². The second kappa shape index (κ2) is 5.82. The van der Waals surface area contributed by atoms with Crippen molar-refractivity contribution in [3.05, 3.63) is 64.7 Å². The van der Waals surface area contributed by atoms with Crippen molar-refractivity contribution in [1.82, 2.24) is 0 Å². The first-order valence-corrected chi connectivity index (χ1v) is 6.26. The van der Waals surface area contributed by atoms with E-state index < -0.39 is 17.4 Å². The zero-order valence-electron chi connectivity index (χ0n) is 11.2. The predicted octanol–water partition coefficient (Wildman–Crippen LogP) is 3.90. The molecule has 0 fully saturated rings. The number of aryl methyl sites for hydroxylation is 1. The number of hydrogen-bond donors (Lipinski definition) is 0. The third-order valence-corrected chi connectivity index (χ3v) is 2.86. The molecule has 0 amide bonds. The van der Waals surface area contributed by atoms with E-state index in [1.54, 1.807) is 12.1 Å². The lowest BCUT2D eigenvalue weighted by molar-refractivity contribution is 0.103. The second-order valence-electron chi connectivity index (χ2n) is 4.39. The molecule has 0 aliphatic heterocycles. The summed E-state index contributed by atoms with van der Waals surface area (Å²) in [4.78, 5) is 12.4. The van der Waals surface area contributed by atoms with E-state index in [2.05, 4.69) is 0 Å². The van der Waals surface area contributed by atoms with Gasteiger partial charge in [-0.3, -0.25) is 4.79 Å². The summed E-state index contributed by atoms with van der Waals surface area (Å²) in [6.45, 7) is 4.07. The first-order chi connectivity index (χ1) is 9.52. The van der Waals surface area contributed by atoms with Crippen molar-refractivity contribution in [2.24, 2.45) is 0 Å². The molecular formula is C16H14F2O2. The lowest BCUT2D eigenvalue weighted by atomic mass is 10.0. The molecule has 0 aliphatic rings. The molecule has 0 aromatic heterocycles. The third-order valence-electron chi connectivity index (χ3n) is 2.86. The fourth-order valence-electron chi connectivity index (χ4n) is 1.90. The van der Waals surface area contributed by atoms with Crippen LogP contribution in [0.4, 0.5) is 8.78 Å². The SMILES string of the molecule is CCOc1ccc(C)cc1C(=O)c1ccc(F)c(F)c1. The summed E-state index contributed by atoms with van der Waals surface area (Å²) in [6, 6.07) is 8.31. The van der Waals surface area contributed by atoms with Crippen LogP contribution in [-0.2, 0) is 0 Å². The van der Waals surface area contributed by atoms with E-state index in [-0.39, 0.29) is 5.56 Å². The smallest absolute Gasteiger partial charge is 0.196 e. The van der Waals surface area contributed by atoms with Crippen molar-refractivity contribution in [2.45, 2.75) is 13.8 Å². The van der Waals surface area contributed by atoms with Gasteiger partial charge in [0.05, 0.1) is 12.2 Å². The van der Waals surface area contributed by atoms with Gasteiger partial charge in [-0.25, -0.2) is 8.78 Å². The van der Waals surface area contributed by atoms with E-state index in [0.29, 0.717) is 17.9 Å². The van der Waals surface area contributed by atoms with Gasteiger partial charge < -0.3 is 4.74 Å². The monoisotopic (exact) mass is 276 g/mol. The average Bonchev–Trinajstić information content (AvgIpc) is 2.43. The predicted molar refractivity (Wildman–Crippen MR) is 72.1 cm³/mol. The number of ether oxygens (including phenoxy) is 1. The Morgan fingerprint density at radius 3 is 2.50 bits per heavy atom. The Kier molecular flexibility index (Phi) is 4.13. The molecule has 2 aromatic carbocycles. The highest BCUT2D eigenvalue weighted by atomic mass is 19.2. The number of halogens is 2. The summed E-state index contributed by atoms with van der Waals surface area (Å²) in [6.07, 6.45) is 0. The Bertz CT molecular complexity index is 651. The number of carbonyl (C=O) groups excluding carboxylic acids is 1. The van der Waals surface area contributed by atoms with Crippen LogP contribution < -0.4 is 4.74 Å². The first kappa shape index (κ1) is 14.2. The van der Waals surface area contributed by atoms with Gasteiger partial charge in [0.25, 0.3) is 0 Å².